The summed E-state index contributed by atoms with van der Waals surface area (Å²) in [7, 11) is 0. The molecule has 0 fully saturated rings. The fraction of sp³-hybridized carbons (Fsp3) is 0.217. The van der Waals surface area contributed by atoms with E-state index in [-0.39, 0.29) is 10.8 Å². The van der Waals surface area contributed by atoms with Crippen molar-refractivity contribution < 1.29 is 0 Å². The van der Waals surface area contributed by atoms with Crippen LogP contribution >= 0.6 is 0 Å². The van der Waals surface area contributed by atoms with E-state index >= 15 is 0 Å². The first-order chi connectivity index (χ1) is 23.0. The maximum atomic E-state index is 2.47. The Morgan fingerprint density at radius 3 is 1.54 bits per heavy atom. The van der Waals surface area contributed by atoms with Crippen LogP contribution in [0.25, 0.3) is 55.0 Å². The Labute approximate surface area is 284 Å². The van der Waals surface area contributed by atoms with Gasteiger partial charge in [-0.3, -0.25) is 0 Å². The van der Waals surface area contributed by atoms with Gasteiger partial charge in [0.15, 0.2) is 0 Å². The zero-order valence-corrected chi connectivity index (χ0v) is 29.2. The molecule has 6 aromatic carbocycles. The van der Waals surface area contributed by atoms with Crippen LogP contribution in [0.2, 0.25) is 0 Å². The number of hydrogen-bond acceptors (Lipinski definition) is 0. The Hall–Kier alpha value is -5.08. The minimum Gasteiger partial charge on any atom is -0.309 e. The molecule has 0 aliphatic rings. The highest BCUT2D eigenvalue weighted by atomic mass is 15.0. The second kappa shape index (κ2) is 11.0. The van der Waals surface area contributed by atoms with Crippen LogP contribution in [0.3, 0.4) is 0 Å². The molecule has 2 heteroatoms. The average molecular weight is 625 g/mol. The minimum absolute atomic E-state index is 0.0725. The first-order valence-corrected chi connectivity index (χ1v) is 17.2. The summed E-state index contributed by atoms with van der Waals surface area (Å²) in [4.78, 5) is 0. The van der Waals surface area contributed by atoms with Crippen LogP contribution in [0, 0.1) is 13.8 Å². The van der Waals surface area contributed by atoms with Gasteiger partial charge in [-0.25, -0.2) is 0 Å². The molecule has 2 aromatic heterocycles. The van der Waals surface area contributed by atoms with Crippen molar-refractivity contribution in [3.63, 3.8) is 0 Å². The van der Waals surface area contributed by atoms with Crippen LogP contribution in [0.4, 0.5) is 0 Å². The lowest BCUT2D eigenvalue weighted by atomic mass is 9.78. The molecule has 0 saturated carbocycles. The van der Waals surface area contributed by atoms with Crippen molar-refractivity contribution >= 4 is 43.6 Å². The van der Waals surface area contributed by atoms with Crippen LogP contribution in [0.1, 0.15) is 62.4 Å². The summed E-state index contributed by atoms with van der Waals surface area (Å²) in [5.41, 5.74) is 14.0. The number of fused-ring (bicyclic) bond motifs is 6. The molecule has 2 heterocycles. The molecule has 0 spiro atoms. The highest BCUT2D eigenvalue weighted by Crippen LogP contribution is 2.39. The van der Waals surface area contributed by atoms with Gasteiger partial charge < -0.3 is 9.13 Å². The second-order valence-corrected chi connectivity index (χ2v) is 15.5. The van der Waals surface area contributed by atoms with Crippen molar-refractivity contribution in [2.24, 2.45) is 0 Å². The molecule has 8 rings (SSSR count). The standard InChI is InChI=1S/C46H44N2/c1-30-12-19-35(20-13-30)47-42-24-17-33(45(3,4)5)27-39(42)40-28-34(18-25-43(40)47)46(6,7)29-32-16-23-38-37-10-8-9-11-41(37)48(44(38)26-32)36-21-14-31(2)15-22-36/h8-28H,29H2,1-7H3. The molecule has 0 aliphatic carbocycles. The second-order valence-electron chi connectivity index (χ2n) is 15.5. The lowest BCUT2D eigenvalue weighted by Gasteiger charge is -2.26. The molecule has 0 N–H and O–H groups in total. The van der Waals surface area contributed by atoms with E-state index < -0.39 is 0 Å². The number of aryl methyl sites for hydroxylation is 2. The van der Waals surface area contributed by atoms with Crippen LogP contribution in [-0.4, -0.2) is 9.13 Å². The van der Waals surface area contributed by atoms with Gasteiger partial charge in [0.05, 0.1) is 22.1 Å². The zero-order valence-electron chi connectivity index (χ0n) is 29.2. The smallest absolute Gasteiger partial charge is 0.0543 e. The van der Waals surface area contributed by atoms with E-state index in [1.807, 2.05) is 0 Å². The lowest BCUT2D eigenvalue weighted by molar-refractivity contribution is 0.523. The van der Waals surface area contributed by atoms with E-state index in [4.69, 9.17) is 0 Å². The molecule has 2 nitrogen and oxygen atoms in total. The van der Waals surface area contributed by atoms with Gasteiger partial charge in [0.1, 0.15) is 0 Å². The third kappa shape index (κ3) is 5.02. The summed E-state index contributed by atoms with van der Waals surface area (Å²) in [5, 5.41) is 5.23. The largest absolute Gasteiger partial charge is 0.309 e. The van der Waals surface area contributed by atoms with Gasteiger partial charge in [0.2, 0.25) is 0 Å². The molecule has 238 valence electrons. The summed E-state index contributed by atoms with van der Waals surface area (Å²) in [6, 6.07) is 47.9. The van der Waals surface area contributed by atoms with E-state index in [1.54, 1.807) is 0 Å². The average Bonchev–Trinajstić information content (AvgIpc) is 3.57. The molecular formula is C46H44N2. The summed E-state index contributed by atoms with van der Waals surface area (Å²) >= 11 is 0. The van der Waals surface area contributed by atoms with E-state index in [1.165, 1.54) is 82.8 Å². The van der Waals surface area contributed by atoms with Crippen LogP contribution in [0.5, 0.6) is 0 Å². The maximum absolute atomic E-state index is 2.47. The fourth-order valence-electron chi connectivity index (χ4n) is 7.59. The normalized spacial score (nSPS) is 12.6. The first-order valence-electron chi connectivity index (χ1n) is 17.2. The Bertz CT molecular complexity index is 2480. The predicted octanol–water partition coefficient (Wildman–Crippen LogP) is 12.3. The highest BCUT2D eigenvalue weighted by Gasteiger charge is 2.25. The van der Waals surface area contributed by atoms with Gasteiger partial charge in [0.25, 0.3) is 0 Å². The fourth-order valence-corrected chi connectivity index (χ4v) is 7.59. The van der Waals surface area contributed by atoms with Crippen molar-refractivity contribution in [3.8, 4) is 11.4 Å². The molecule has 48 heavy (non-hydrogen) atoms. The molecule has 0 aliphatic heterocycles. The molecular weight excluding hydrogens is 581 g/mol. The van der Waals surface area contributed by atoms with Crippen molar-refractivity contribution in [1.82, 2.24) is 9.13 Å². The summed E-state index contributed by atoms with van der Waals surface area (Å²) in [6.45, 7) is 16.0. The van der Waals surface area contributed by atoms with Crippen molar-refractivity contribution in [3.05, 3.63) is 155 Å². The monoisotopic (exact) mass is 624 g/mol. The van der Waals surface area contributed by atoms with E-state index in [2.05, 4.69) is 185 Å². The Morgan fingerprint density at radius 2 is 0.938 bits per heavy atom. The van der Waals surface area contributed by atoms with Crippen molar-refractivity contribution in [2.45, 2.75) is 65.7 Å². The maximum Gasteiger partial charge on any atom is 0.0543 e. The van der Waals surface area contributed by atoms with Crippen molar-refractivity contribution in [2.75, 3.05) is 0 Å². The third-order valence-electron chi connectivity index (χ3n) is 10.4. The Kier molecular flexibility index (Phi) is 6.93. The van der Waals surface area contributed by atoms with Gasteiger partial charge in [-0.1, -0.05) is 112 Å². The third-order valence-corrected chi connectivity index (χ3v) is 10.4. The zero-order chi connectivity index (χ0) is 33.4. The minimum atomic E-state index is -0.0809. The summed E-state index contributed by atoms with van der Waals surface area (Å²) in [6.07, 6.45) is 0.938. The summed E-state index contributed by atoms with van der Waals surface area (Å²) in [5.74, 6) is 0. The van der Waals surface area contributed by atoms with E-state index in [0.717, 1.165) is 6.42 Å². The van der Waals surface area contributed by atoms with Gasteiger partial charge in [-0.15, -0.1) is 0 Å². The molecule has 0 saturated heterocycles. The SMILES string of the molecule is Cc1ccc(-n2c3ccc(C(C)(C)C)cc3c3cc(C(C)(C)Cc4ccc5c6ccccc6n(-c6ccc(C)cc6)c5c4)ccc32)cc1. The van der Waals surface area contributed by atoms with Crippen LogP contribution < -0.4 is 0 Å². The van der Waals surface area contributed by atoms with Gasteiger partial charge >= 0.3 is 0 Å². The Balaban J connectivity index is 1.26. The number of aromatic nitrogens is 2. The number of rotatable bonds is 5. The van der Waals surface area contributed by atoms with Gasteiger partial charge in [-0.2, -0.15) is 0 Å². The topological polar surface area (TPSA) is 9.86 Å². The molecule has 0 amide bonds. The number of para-hydroxylation sites is 1. The number of hydrogen-bond donors (Lipinski definition) is 0. The van der Waals surface area contributed by atoms with Crippen LogP contribution in [-0.2, 0) is 17.3 Å². The summed E-state index contributed by atoms with van der Waals surface area (Å²) < 4.78 is 4.87. The molecule has 0 atom stereocenters. The van der Waals surface area contributed by atoms with Crippen molar-refractivity contribution in [1.29, 1.82) is 0 Å². The van der Waals surface area contributed by atoms with Gasteiger partial charge in [0, 0.05) is 32.9 Å². The van der Waals surface area contributed by atoms with E-state index in [9.17, 15) is 0 Å². The molecule has 0 radical (unpaired) electrons. The number of nitrogens with zero attached hydrogens (tertiary/aromatic N) is 2. The first kappa shape index (κ1) is 30.3. The molecule has 0 unspecified atom stereocenters. The molecule has 0 bridgehead atoms. The van der Waals surface area contributed by atoms with Gasteiger partial charge in [-0.05, 0) is 108 Å². The Morgan fingerprint density at radius 1 is 0.438 bits per heavy atom. The van der Waals surface area contributed by atoms with E-state index in [0.29, 0.717) is 0 Å². The quantitative estimate of drug-likeness (QED) is 0.180. The predicted molar refractivity (Wildman–Crippen MR) is 206 cm³/mol. The number of benzene rings is 6. The molecule has 8 aromatic rings. The highest BCUT2D eigenvalue weighted by molar-refractivity contribution is 6.10. The lowest BCUT2D eigenvalue weighted by Crippen LogP contribution is -2.20. The van der Waals surface area contributed by atoms with Crippen LogP contribution in [0.15, 0.2) is 127 Å².